The first-order valence-electron chi connectivity index (χ1n) is 8.29. The number of para-hydroxylation sites is 1. The zero-order valence-corrected chi connectivity index (χ0v) is 15.9. The Hall–Kier alpha value is -2.87. The van der Waals surface area contributed by atoms with Gasteiger partial charge < -0.3 is 10.4 Å². The highest BCUT2D eigenvalue weighted by atomic mass is 32.2. The van der Waals surface area contributed by atoms with Crippen LogP contribution in [0.1, 0.15) is 21.5 Å². The second kappa shape index (κ2) is 8.68. The van der Waals surface area contributed by atoms with Gasteiger partial charge in [0.2, 0.25) is 10.0 Å². The maximum Gasteiger partial charge on any atom is 0.308 e. The molecule has 0 aliphatic carbocycles. The molecule has 0 heterocycles. The third kappa shape index (κ3) is 6.41. The molecule has 0 aliphatic rings. The summed E-state index contributed by atoms with van der Waals surface area (Å²) in [6.07, 6.45) is 1.27. The number of carbonyl (C=O) groups is 2. The number of hydrogen-bond donors (Lipinski definition) is 3. The van der Waals surface area contributed by atoms with Crippen LogP contribution in [-0.2, 0) is 21.2 Å². The second-order valence-corrected chi connectivity index (χ2v) is 8.11. The standard InChI is InChI=1S/C19H22N2O5S/c1-13-6-5-7-14(10-13)11-15(19(23)24)12-20-18(22)16-8-3-4-9-17(16)21-27(2,25)26/h3-10,15,21H,11-12H2,1-2H3,(H,20,22)(H,23,24). The van der Waals surface area contributed by atoms with Gasteiger partial charge in [0.05, 0.1) is 23.4 Å². The highest BCUT2D eigenvalue weighted by Crippen LogP contribution is 2.17. The van der Waals surface area contributed by atoms with Crippen LogP contribution in [0.5, 0.6) is 0 Å². The molecule has 1 atom stereocenters. The van der Waals surface area contributed by atoms with Crippen molar-refractivity contribution in [1.29, 1.82) is 0 Å². The molecular formula is C19H22N2O5S. The first-order valence-corrected chi connectivity index (χ1v) is 10.2. The van der Waals surface area contributed by atoms with Gasteiger partial charge in [-0.05, 0) is 31.0 Å². The van der Waals surface area contributed by atoms with Crippen molar-refractivity contribution < 1.29 is 23.1 Å². The van der Waals surface area contributed by atoms with Gasteiger partial charge in [-0.2, -0.15) is 0 Å². The Morgan fingerprint density at radius 3 is 2.44 bits per heavy atom. The smallest absolute Gasteiger partial charge is 0.308 e. The first kappa shape index (κ1) is 20.4. The summed E-state index contributed by atoms with van der Waals surface area (Å²) in [5.41, 5.74) is 2.17. The van der Waals surface area contributed by atoms with Crippen LogP contribution in [0.3, 0.4) is 0 Å². The van der Waals surface area contributed by atoms with E-state index in [-0.39, 0.29) is 24.2 Å². The lowest BCUT2D eigenvalue weighted by atomic mass is 9.98. The van der Waals surface area contributed by atoms with Crippen LogP contribution in [-0.4, -0.2) is 38.2 Å². The van der Waals surface area contributed by atoms with Crippen molar-refractivity contribution in [3.63, 3.8) is 0 Å². The molecule has 1 amide bonds. The fourth-order valence-corrected chi connectivity index (χ4v) is 3.23. The summed E-state index contributed by atoms with van der Waals surface area (Å²) in [7, 11) is -3.55. The SMILES string of the molecule is Cc1cccc(CC(CNC(=O)c2ccccc2NS(C)(=O)=O)C(=O)O)c1. The zero-order valence-electron chi connectivity index (χ0n) is 15.1. The van der Waals surface area contributed by atoms with Crippen molar-refractivity contribution in [2.75, 3.05) is 17.5 Å². The summed E-state index contributed by atoms with van der Waals surface area (Å²) in [5.74, 6) is -2.36. The molecule has 3 N–H and O–H groups in total. The number of nitrogens with one attached hydrogen (secondary N) is 2. The van der Waals surface area contributed by atoms with Crippen molar-refractivity contribution in [1.82, 2.24) is 5.32 Å². The molecule has 0 spiro atoms. The Morgan fingerprint density at radius 1 is 1.11 bits per heavy atom. The van der Waals surface area contributed by atoms with Gasteiger partial charge in [-0.25, -0.2) is 8.42 Å². The summed E-state index contributed by atoms with van der Waals surface area (Å²) in [4.78, 5) is 24.0. The van der Waals surface area contributed by atoms with Crippen molar-refractivity contribution in [3.8, 4) is 0 Å². The fraction of sp³-hybridized carbons (Fsp3) is 0.263. The minimum atomic E-state index is -3.55. The van der Waals surface area contributed by atoms with E-state index in [1.165, 1.54) is 12.1 Å². The number of aryl methyl sites for hydroxylation is 1. The summed E-state index contributed by atoms with van der Waals surface area (Å²) in [5, 5.41) is 12.0. The van der Waals surface area contributed by atoms with Gasteiger partial charge >= 0.3 is 5.97 Å². The quantitative estimate of drug-likeness (QED) is 0.638. The lowest BCUT2D eigenvalue weighted by molar-refractivity contribution is -0.141. The van der Waals surface area contributed by atoms with Crippen LogP contribution in [0.2, 0.25) is 0 Å². The highest BCUT2D eigenvalue weighted by molar-refractivity contribution is 7.92. The number of carboxylic acid groups (broad SMARTS) is 1. The van der Waals surface area contributed by atoms with E-state index in [9.17, 15) is 23.1 Å². The highest BCUT2D eigenvalue weighted by Gasteiger charge is 2.21. The molecule has 8 heteroatoms. The normalized spacial score (nSPS) is 12.2. The molecule has 2 aromatic carbocycles. The number of benzene rings is 2. The van der Waals surface area contributed by atoms with Crippen LogP contribution in [0.15, 0.2) is 48.5 Å². The Kier molecular flexibility index (Phi) is 6.57. The largest absolute Gasteiger partial charge is 0.481 e. The Bertz CT molecular complexity index is 941. The van der Waals surface area contributed by atoms with Crippen LogP contribution in [0.25, 0.3) is 0 Å². The molecule has 0 aliphatic heterocycles. The summed E-state index contributed by atoms with van der Waals surface area (Å²) in [6, 6.07) is 13.7. The maximum absolute atomic E-state index is 12.4. The van der Waals surface area contributed by atoms with Gasteiger partial charge in [0.1, 0.15) is 0 Å². The fourth-order valence-electron chi connectivity index (χ4n) is 2.65. The van der Waals surface area contributed by atoms with Crippen molar-refractivity contribution in [3.05, 3.63) is 65.2 Å². The van der Waals surface area contributed by atoms with Gasteiger partial charge in [-0.15, -0.1) is 0 Å². The number of anilines is 1. The van der Waals surface area contributed by atoms with E-state index in [4.69, 9.17) is 0 Å². The van der Waals surface area contributed by atoms with Crippen LogP contribution in [0.4, 0.5) is 5.69 Å². The molecule has 0 aromatic heterocycles. The molecule has 0 saturated carbocycles. The van der Waals surface area contributed by atoms with Crippen LogP contribution < -0.4 is 10.0 Å². The monoisotopic (exact) mass is 390 g/mol. The number of sulfonamides is 1. The van der Waals surface area contributed by atoms with Gasteiger partial charge in [-0.1, -0.05) is 42.0 Å². The molecule has 27 heavy (non-hydrogen) atoms. The molecule has 0 fully saturated rings. The summed E-state index contributed by atoms with van der Waals surface area (Å²) < 4.78 is 25.2. The topological polar surface area (TPSA) is 113 Å². The molecule has 7 nitrogen and oxygen atoms in total. The van der Waals surface area contributed by atoms with E-state index in [1.54, 1.807) is 12.1 Å². The molecule has 144 valence electrons. The lowest BCUT2D eigenvalue weighted by Gasteiger charge is -2.15. The minimum absolute atomic E-state index is 0.0741. The molecule has 0 saturated heterocycles. The van der Waals surface area contributed by atoms with E-state index >= 15 is 0 Å². The van der Waals surface area contributed by atoms with E-state index in [2.05, 4.69) is 10.0 Å². The van der Waals surface area contributed by atoms with E-state index in [1.807, 2.05) is 31.2 Å². The molecule has 0 radical (unpaired) electrons. The number of rotatable bonds is 8. The zero-order chi connectivity index (χ0) is 20.0. The average molecular weight is 390 g/mol. The first-order chi connectivity index (χ1) is 12.7. The number of amides is 1. The van der Waals surface area contributed by atoms with E-state index in [0.717, 1.165) is 17.4 Å². The number of aliphatic carboxylic acids is 1. The Balaban J connectivity index is 2.09. The summed E-state index contributed by atoms with van der Waals surface area (Å²) >= 11 is 0. The number of hydrogen-bond acceptors (Lipinski definition) is 4. The van der Waals surface area contributed by atoms with E-state index < -0.39 is 27.8 Å². The predicted molar refractivity (Wildman–Crippen MR) is 103 cm³/mol. The Morgan fingerprint density at radius 2 is 1.81 bits per heavy atom. The van der Waals surface area contributed by atoms with E-state index in [0.29, 0.717) is 0 Å². The third-order valence-electron chi connectivity index (χ3n) is 3.89. The van der Waals surface area contributed by atoms with Crippen molar-refractivity contribution in [2.45, 2.75) is 13.3 Å². The predicted octanol–water partition coefficient (Wildman–Crippen LogP) is 2.04. The number of carboxylic acids is 1. The van der Waals surface area contributed by atoms with Gasteiger partial charge in [0.15, 0.2) is 0 Å². The van der Waals surface area contributed by atoms with Gasteiger partial charge in [0, 0.05) is 6.54 Å². The van der Waals surface area contributed by atoms with Gasteiger partial charge in [0.25, 0.3) is 5.91 Å². The lowest BCUT2D eigenvalue weighted by Crippen LogP contribution is -2.34. The molecule has 2 aromatic rings. The molecular weight excluding hydrogens is 368 g/mol. The average Bonchev–Trinajstić information content (AvgIpc) is 2.57. The summed E-state index contributed by atoms with van der Waals surface area (Å²) in [6.45, 7) is 1.85. The maximum atomic E-state index is 12.4. The molecule has 1 unspecified atom stereocenters. The molecule has 2 rings (SSSR count). The van der Waals surface area contributed by atoms with Gasteiger partial charge in [-0.3, -0.25) is 14.3 Å². The van der Waals surface area contributed by atoms with Crippen LogP contribution in [0, 0.1) is 12.8 Å². The Labute approximate surface area is 158 Å². The van der Waals surface area contributed by atoms with Crippen molar-refractivity contribution >= 4 is 27.6 Å². The van der Waals surface area contributed by atoms with Crippen LogP contribution >= 0.6 is 0 Å². The molecule has 0 bridgehead atoms. The minimum Gasteiger partial charge on any atom is -0.481 e. The third-order valence-corrected chi connectivity index (χ3v) is 4.48. The van der Waals surface area contributed by atoms with Crippen molar-refractivity contribution in [2.24, 2.45) is 5.92 Å². The second-order valence-electron chi connectivity index (χ2n) is 6.36. The number of carbonyl (C=O) groups excluding carboxylic acids is 1.